The fourth-order valence-corrected chi connectivity index (χ4v) is 4.32. The molecule has 5 heteroatoms. The molecule has 2 aromatic carbocycles. The summed E-state index contributed by atoms with van der Waals surface area (Å²) < 4.78 is 0. The van der Waals surface area contributed by atoms with Gasteiger partial charge in [0.05, 0.1) is 0 Å². The van der Waals surface area contributed by atoms with Crippen LogP contribution in [0.25, 0.3) is 11.1 Å². The third-order valence-electron chi connectivity index (χ3n) is 3.79. The highest BCUT2D eigenvalue weighted by Gasteiger charge is 2.22. The van der Waals surface area contributed by atoms with Crippen molar-refractivity contribution in [3.63, 3.8) is 0 Å². The maximum atomic E-state index is 6.24. The summed E-state index contributed by atoms with van der Waals surface area (Å²) in [7, 11) is 0. The Morgan fingerprint density at radius 3 is 1.23 bits per heavy atom. The maximum absolute atomic E-state index is 6.24. The molecule has 0 aromatic heterocycles. The lowest BCUT2D eigenvalue weighted by molar-refractivity contribution is 1.11. The number of hydrogen-bond acceptors (Lipinski definition) is 0. The van der Waals surface area contributed by atoms with E-state index in [9.17, 15) is 0 Å². The molecule has 0 fully saturated rings. The highest BCUT2D eigenvalue weighted by atomic mass is 35.5. The Morgan fingerprint density at radius 1 is 0.500 bits per heavy atom. The average Bonchev–Trinajstić information content (AvgIpc) is 2.59. The lowest BCUT2D eigenvalue weighted by Crippen LogP contribution is -2.08. The smallest absolute Gasteiger partial charge is 0.0483 e. The van der Waals surface area contributed by atoms with Gasteiger partial charge in [0.25, 0.3) is 0 Å². The van der Waals surface area contributed by atoms with Crippen molar-refractivity contribution in [2.45, 2.75) is 29.4 Å². The second-order valence-electron chi connectivity index (χ2n) is 4.80. The molecule has 118 valence electrons. The zero-order chi connectivity index (χ0) is 16.1. The molecule has 0 N–H and O–H groups in total. The van der Waals surface area contributed by atoms with Crippen LogP contribution in [0.4, 0.5) is 0 Å². The van der Waals surface area contributed by atoms with Crippen LogP contribution in [-0.4, -0.2) is 0 Å². The zero-order valence-corrected chi connectivity index (χ0v) is 15.6. The van der Waals surface area contributed by atoms with Gasteiger partial charge in [-0.3, -0.25) is 0 Å². The molecule has 0 aliphatic carbocycles. The third-order valence-corrected chi connectivity index (χ3v) is 5.13. The van der Waals surface area contributed by atoms with E-state index >= 15 is 0 Å². The highest BCUT2D eigenvalue weighted by molar-refractivity contribution is 6.22. The van der Waals surface area contributed by atoms with Crippen molar-refractivity contribution in [2.75, 3.05) is 0 Å². The molecule has 0 amide bonds. The summed E-state index contributed by atoms with van der Waals surface area (Å²) in [6.07, 6.45) is 0. The van der Waals surface area contributed by atoms with Gasteiger partial charge >= 0.3 is 0 Å². The molecular weight excluding hydrogens is 381 g/mol. The van der Waals surface area contributed by atoms with Gasteiger partial charge < -0.3 is 0 Å². The third kappa shape index (κ3) is 3.37. The highest BCUT2D eigenvalue weighted by Crippen LogP contribution is 2.39. The predicted octanol–water partition coefficient (Wildman–Crippen LogP) is 7.05. The van der Waals surface area contributed by atoms with Crippen LogP contribution in [0.1, 0.15) is 27.8 Å². The van der Waals surface area contributed by atoms with E-state index in [2.05, 4.69) is 0 Å². The Labute approximate surface area is 156 Å². The molecule has 0 atom stereocenters. The Morgan fingerprint density at radius 2 is 0.864 bits per heavy atom. The maximum Gasteiger partial charge on any atom is 0.0483 e. The number of rotatable bonds is 6. The van der Waals surface area contributed by atoms with Crippen LogP contribution in [0, 0.1) is 0 Å². The van der Waals surface area contributed by atoms with Gasteiger partial charge in [-0.15, -0.1) is 58.0 Å². The number of alkyl halides is 5. The molecule has 0 aliphatic rings. The second-order valence-corrected chi connectivity index (χ2v) is 6.14. The first-order valence-corrected chi connectivity index (χ1v) is 9.44. The molecule has 0 saturated heterocycles. The van der Waals surface area contributed by atoms with Crippen LogP contribution in [0.5, 0.6) is 0 Å². The Kier molecular flexibility index (Phi) is 7.18. The van der Waals surface area contributed by atoms with E-state index in [0.717, 1.165) is 38.9 Å². The van der Waals surface area contributed by atoms with E-state index in [1.165, 1.54) is 0 Å². The number of hydrogen-bond donors (Lipinski definition) is 0. The van der Waals surface area contributed by atoms with E-state index in [1.54, 1.807) is 0 Å². The lowest BCUT2D eigenvalue weighted by Gasteiger charge is -2.23. The first-order valence-electron chi connectivity index (χ1n) is 6.76. The SMILES string of the molecule is ClCc1c(CCl)c(CCl)c(-c2ccccc2)c(CCl)c1CCl. The number of halogens is 5. The number of benzene rings is 2. The van der Waals surface area contributed by atoms with E-state index in [0.29, 0.717) is 29.4 Å². The molecule has 2 aromatic rings. The Balaban J connectivity index is 2.91. The van der Waals surface area contributed by atoms with Gasteiger partial charge in [0.1, 0.15) is 0 Å². The summed E-state index contributed by atoms with van der Waals surface area (Å²) in [6.45, 7) is 0. The first kappa shape index (κ1) is 18.2. The van der Waals surface area contributed by atoms with Crippen LogP contribution >= 0.6 is 58.0 Å². The van der Waals surface area contributed by atoms with Gasteiger partial charge in [-0.1, -0.05) is 30.3 Å². The van der Waals surface area contributed by atoms with E-state index in [1.807, 2.05) is 30.3 Å². The van der Waals surface area contributed by atoms with E-state index in [4.69, 9.17) is 58.0 Å². The van der Waals surface area contributed by atoms with Crippen LogP contribution in [-0.2, 0) is 29.4 Å². The summed E-state index contributed by atoms with van der Waals surface area (Å²) in [5, 5.41) is 0. The molecule has 0 aliphatic heterocycles. The molecule has 0 spiro atoms. The van der Waals surface area contributed by atoms with Gasteiger partial charge in [-0.05, 0) is 38.9 Å². The molecule has 0 nitrogen and oxygen atoms in total. The Bertz CT molecular complexity index is 604. The van der Waals surface area contributed by atoms with Gasteiger partial charge in [0.2, 0.25) is 0 Å². The van der Waals surface area contributed by atoms with Crippen molar-refractivity contribution in [1.29, 1.82) is 0 Å². The van der Waals surface area contributed by atoms with Gasteiger partial charge in [0, 0.05) is 29.4 Å². The fourth-order valence-electron chi connectivity index (χ4n) is 2.76. The summed E-state index contributed by atoms with van der Waals surface area (Å²) in [5.74, 6) is 1.73. The summed E-state index contributed by atoms with van der Waals surface area (Å²) in [4.78, 5) is 0. The van der Waals surface area contributed by atoms with Crippen molar-refractivity contribution in [1.82, 2.24) is 0 Å². The minimum absolute atomic E-state index is 0.340. The average molecular weight is 397 g/mol. The van der Waals surface area contributed by atoms with Crippen molar-refractivity contribution < 1.29 is 0 Å². The van der Waals surface area contributed by atoms with Crippen molar-refractivity contribution in [2.24, 2.45) is 0 Å². The zero-order valence-electron chi connectivity index (χ0n) is 11.8. The van der Waals surface area contributed by atoms with E-state index in [-0.39, 0.29) is 0 Å². The fraction of sp³-hybridized carbons (Fsp3) is 0.294. The second kappa shape index (κ2) is 8.66. The van der Waals surface area contributed by atoms with Crippen molar-refractivity contribution in [3.05, 3.63) is 58.1 Å². The molecule has 0 radical (unpaired) electrons. The summed E-state index contributed by atoms with van der Waals surface area (Å²) in [5.41, 5.74) is 6.97. The van der Waals surface area contributed by atoms with Gasteiger partial charge in [0.15, 0.2) is 0 Å². The minimum atomic E-state index is 0.340. The van der Waals surface area contributed by atoms with Crippen LogP contribution in [0.2, 0.25) is 0 Å². The Hall–Kier alpha value is -0.110. The molecule has 0 heterocycles. The van der Waals surface area contributed by atoms with Crippen molar-refractivity contribution >= 4 is 58.0 Å². The molecule has 22 heavy (non-hydrogen) atoms. The monoisotopic (exact) mass is 394 g/mol. The standard InChI is InChI=1S/C17H15Cl5/c18-6-12-13(7-19)15(9-21)17(11-4-2-1-3-5-11)16(10-22)14(12)8-20/h1-5H,6-10H2. The molecule has 0 unspecified atom stereocenters. The van der Waals surface area contributed by atoms with Gasteiger partial charge in [-0.2, -0.15) is 0 Å². The van der Waals surface area contributed by atoms with Crippen LogP contribution in [0.15, 0.2) is 30.3 Å². The molecule has 0 bridgehead atoms. The molecular formula is C17H15Cl5. The minimum Gasteiger partial charge on any atom is -0.122 e. The summed E-state index contributed by atoms with van der Waals surface area (Å²) >= 11 is 31.0. The van der Waals surface area contributed by atoms with Crippen molar-refractivity contribution in [3.8, 4) is 11.1 Å². The summed E-state index contributed by atoms with van der Waals surface area (Å²) in [6, 6.07) is 10.0. The predicted molar refractivity (Wildman–Crippen MR) is 99.7 cm³/mol. The van der Waals surface area contributed by atoms with Crippen LogP contribution < -0.4 is 0 Å². The lowest BCUT2D eigenvalue weighted by atomic mass is 9.86. The largest absolute Gasteiger partial charge is 0.122 e. The topological polar surface area (TPSA) is 0 Å². The van der Waals surface area contributed by atoms with Crippen LogP contribution in [0.3, 0.4) is 0 Å². The quantitative estimate of drug-likeness (QED) is 0.459. The van der Waals surface area contributed by atoms with E-state index < -0.39 is 0 Å². The molecule has 2 rings (SSSR count). The molecule has 0 saturated carbocycles. The first-order chi connectivity index (χ1) is 10.7. The van der Waals surface area contributed by atoms with Gasteiger partial charge in [-0.25, -0.2) is 0 Å². The normalized spacial score (nSPS) is 11.0.